The van der Waals surface area contributed by atoms with Gasteiger partial charge in [0.25, 0.3) is 5.91 Å². The van der Waals surface area contributed by atoms with E-state index in [-0.39, 0.29) is 24.4 Å². The van der Waals surface area contributed by atoms with E-state index >= 15 is 0 Å². The van der Waals surface area contributed by atoms with E-state index in [1.165, 1.54) is 11.3 Å². The number of benzene rings is 1. The number of nitrogens with one attached hydrogen (secondary N) is 3. The quantitative estimate of drug-likeness (QED) is 0.624. The smallest absolute Gasteiger partial charge is 0.317 e. The van der Waals surface area contributed by atoms with Gasteiger partial charge in [0.05, 0.1) is 17.2 Å². The lowest BCUT2D eigenvalue weighted by Gasteiger charge is -2.23. The van der Waals surface area contributed by atoms with Crippen molar-refractivity contribution in [3.8, 4) is 16.5 Å². The van der Waals surface area contributed by atoms with E-state index in [0.29, 0.717) is 16.1 Å². The number of halogens is 1. The van der Waals surface area contributed by atoms with Crippen molar-refractivity contribution in [1.82, 2.24) is 10.6 Å². The molecule has 2 heterocycles. The molecule has 142 valence electrons. The number of carbonyl (C=O) groups excluding carboxylic acids is 2. The van der Waals surface area contributed by atoms with Crippen LogP contribution in [0.2, 0.25) is 0 Å². The Bertz CT molecular complexity index is 854. The van der Waals surface area contributed by atoms with Gasteiger partial charge in [-0.3, -0.25) is 10.1 Å². The number of rotatable bonds is 4. The third-order valence-electron chi connectivity index (χ3n) is 4.14. The topological polar surface area (TPSA) is 120 Å². The summed E-state index contributed by atoms with van der Waals surface area (Å²) in [5.41, 5.74) is 7.05. The zero-order chi connectivity index (χ0) is 18.5. The first kappa shape index (κ1) is 20.7. The number of primary amides is 1. The minimum atomic E-state index is -0.716. The normalized spacial score (nSPS) is 15.9. The molecule has 1 fully saturated rings. The molecule has 2 aromatic rings. The number of nitriles is 1. The molecule has 1 atom stereocenters. The molecule has 1 aliphatic heterocycles. The molecule has 9 heteroatoms. The maximum absolute atomic E-state index is 12.7. The lowest BCUT2D eigenvalue weighted by Crippen LogP contribution is -2.45. The van der Waals surface area contributed by atoms with Crippen LogP contribution in [0.15, 0.2) is 30.3 Å². The van der Waals surface area contributed by atoms with Crippen LogP contribution in [0.1, 0.15) is 28.8 Å². The van der Waals surface area contributed by atoms with Crippen LogP contribution in [0.3, 0.4) is 0 Å². The number of nitrogens with two attached hydrogens (primary N) is 1. The second kappa shape index (κ2) is 9.37. The van der Waals surface area contributed by atoms with E-state index in [9.17, 15) is 9.59 Å². The number of thiophene rings is 1. The lowest BCUT2D eigenvalue weighted by atomic mass is 10.1. The average molecular weight is 406 g/mol. The SMILES string of the molecule is Cl.N#Cc1ccc(-c2cc(C(=O)N[C@H]3CCCNC3)c(NC(N)=O)s2)cc1. The molecule has 1 aromatic carbocycles. The van der Waals surface area contributed by atoms with Crippen LogP contribution in [0.25, 0.3) is 10.4 Å². The minimum absolute atomic E-state index is 0. The van der Waals surface area contributed by atoms with E-state index in [0.717, 1.165) is 36.4 Å². The van der Waals surface area contributed by atoms with Gasteiger partial charge in [-0.1, -0.05) is 12.1 Å². The molecule has 1 aromatic heterocycles. The highest BCUT2D eigenvalue weighted by molar-refractivity contribution is 7.20. The fourth-order valence-corrected chi connectivity index (χ4v) is 3.92. The standard InChI is InChI=1S/C18H19N5O2S.ClH/c19-9-11-3-5-12(6-4-11)15-8-14(17(26-15)23-18(20)25)16(24)22-13-2-1-7-21-10-13;/h3-6,8,13,21H,1-2,7,10H2,(H,22,24)(H3,20,23,25);1H/t13-;/m0./s1. The molecule has 0 aliphatic carbocycles. The van der Waals surface area contributed by atoms with Gasteiger partial charge < -0.3 is 16.4 Å². The van der Waals surface area contributed by atoms with Gasteiger partial charge in [0.2, 0.25) is 0 Å². The summed E-state index contributed by atoms with van der Waals surface area (Å²) in [6, 6.07) is 10.2. The molecule has 0 unspecified atom stereocenters. The Morgan fingerprint density at radius 1 is 1.30 bits per heavy atom. The maximum Gasteiger partial charge on any atom is 0.317 e. The van der Waals surface area contributed by atoms with Crippen LogP contribution in [0, 0.1) is 11.3 Å². The summed E-state index contributed by atoms with van der Waals surface area (Å²) in [5.74, 6) is -0.237. The molecular formula is C18H20ClN5O2S. The third-order valence-corrected chi connectivity index (χ3v) is 5.24. The zero-order valence-corrected chi connectivity index (χ0v) is 16.1. The molecule has 0 saturated carbocycles. The summed E-state index contributed by atoms with van der Waals surface area (Å²) in [4.78, 5) is 24.8. The Kier molecular flexibility index (Phi) is 7.19. The summed E-state index contributed by atoms with van der Waals surface area (Å²) in [6.45, 7) is 1.69. The second-order valence-electron chi connectivity index (χ2n) is 6.05. The number of nitrogens with zero attached hydrogens (tertiary/aromatic N) is 1. The highest BCUT2D eigenvalue weighted by atomic mass is 35.5. The molecular weight excluding hydrogens is 386 g/mol. The van der Waals surface area contributed by atoms with Crippen molar-refractivity contribution in [1.29, 1.82) is 5.26 Å². The molecule has 7 nitrogen and oxygen atoms in total. The molecule has 1 aliphatic rings. The van der Waals surface area contributed by atoms with Crippen LogP contribution in [0.4, 0.5) is 9.80 Å². The van der Waals surface area contributed by atoms with Gasteiger partial charge >= 0.3 is 6.03 Å². The van der Waals surface area contributed by atoms with E-state index in [1.807, 2.05) is 12.1 Å². The average Bonchev–Trinajstić information content (AvgIpc) is 3.06. The number of hydrogen-bond acceptors (Lipinski definition) is 5. The van der Waals surface area contributed by atoms with Gasteiger partial charge in [0, 0.05) is 17.5 Å². The summed E-state index contributed by atoms with van der Waals surface area (Å²) < 4.78 is 0. The number of amides is 3. The van der Waals surface area contributed by atoms with Gasteiger partial charge in [-0.2, -0.15) is 5.26 Å². The Morgan fingerprint density at radius 2 is 2.04 bits per heavy atom. The van der Waals surface area contributed by atoms with Crippen molar-refractivity contribution >= 4 is 40.7 Å². The lowest BCUT2D eigenvalue weighted by molar-refractivity contribution is 0.0932. The number of piperidine rings is 1. The number of urea groups is 1. The van der Waals surface area contributed by atoms with E-state index in [2.05, 4.69) is 22.0 Å². The van der Waals surface area contributed by atoms with Crippen molar-refractivity contribution < 1.29 is 9.59 Å². The Hall–Kier alpha value is -2.60. The molecule has 3 rings (SSSR count). The van der Waals surface area contributed by atoms with Crippen molar-refractivity contribution in [3.05, 3.63) is 41.5 Å². The Balaban J connectivity index is 0.00000261. The Labute approximate surface area is 167 Å². The molecule has 3 amide bonds. The van der Waals surface area contributed by atoms with Crippen LogP contribution in [-0.4, -0.2) is 31.1 Å². The first-order valence-electron chi connectivity index (χ1n) is 8.29. The fraction of sp³-hybridized carbons (Fsp3) is 0.278. The first-order chi connectivity index (χ1) is 12.6. The molecule has 1 saturated heterocycles. The van der Waals surface area contributed by atoms with E-state index in [1.54, 1.807) is 18.2 Å². The fourth-order valence-electron chi connectivity index (χ4n) is 2.85. The highest BCUT2D eigenvalue weighted by Gasteiger charge is 2.21. The Morgan fingerprint density at radius 3 is 2.63 bits per heavy atom. The van der Waals surface area contributed by atoms with Gasteiger partial charge in [0.15, 0.2) is 0 Å². The van der Waals surface area contributed by atoms with Crippen molar-refractivity contribution in [2.24, 2.45) is 5.73 Å². The predicted molar refractivity (Wildman–Crippen MR) is 108 cm³/mol. The van der Waals surface area contributed by atoms with Gasteiger partial charge in [-0.15, -0.1) is 23.7 Å². The van der Waals surface area contributed by atoms with Crippen LogP contribution < -0.4 is 21.7 Å². The number of anilines is 1. The molecule has 5 N–H and O–H groups in total. The minimum Gasteiger partial charge on any atom is -0.351 e. The van der Waals surface area contributed by atoms with Gasteiger partial charge in [-0.25, -0.2) is 4.79 Å². The molecule has 27 heavy (non-hydrogen) atoms. The second-order valence-corrected chi connectivity index (χ2v) is 7.10. The largest absolute Gasteiger partial charge is 0.351 e. The number of hydrogen-bond donors (Lipinski definition) is 4. The summed E-state index contributed by atoms with van der Waals surface area (Å²) in [6.07, 6.45) is 1.93. The van der Waals surface area contributed by atoms with Crippen LogP contribution >= 0.6 is 23.7 Å². The van der Waals surface area contributed by atoms with Crippen molar-refractivity contribution in [2.75, 3.05) is 18.4 Å². The monoisotopic (exact) mass is 405 g/mol. The zero-order valence-electron chi connectivity index (χ0n) is 14.5. The molecule has 0 spiro atoms. The predicted octanol–water partition coefficient (Wildman–Crippen LogP) is 2.68. The van der Waals surface area contributed by atoms with E-state index in [4.69, 9.17) is 11.0 Å². The maximum atomic E-state index is 12.7. The van der Waals surface area contributed by atoms with Crippen LogP contribution in [-0.2, 0) is 0 Å². The van der Waals surface area contributed by atoms with Crippen molar-refractivity contribution in [2.45, 2.75) is 18.9 Å². The summed E-state index contributed by atoms with van der Waals surface area (Å²) in [5, 5.41) is 18.1. The van der Waals surface area contributed by atoms with Gasteiger partial charge in [-0.05, 0) is 43.1 Å². The third kappa shape index (κ3) is 5.20. The van der Waals surface area contributed by atoms with E-state index < -0.39 is 6.03 Å². The summed E-state index contributed by atoms with van der Waals surface area (Å²) >= 11 is 1.27. The van der Waals surface area contributed by atoms with Crippen LogP contribution in [0.5, 0.6) is 0 Å². The highest BCUT2D eigenvalue weighted by Crippen LogP contribution is 2.35. The molecule has 0 bridgehead atoms. The molecule has 0 radical (unpaired) electrons. The first-order valence-corrected chi connectivity index (χ1v) is 9.11. The number of carbonyl (C=O) groups is 2. The summed E-state index contributed by atoms with van der Waals surface area (Å²) in [7, 11) is 0. The van der Waals surface area contributed by atoms with Crippen molar-refractivity contribution in [3.63, 3.8) is 0 Å². The van der Waals surface area contributed by atoms with Gasteiger partial charge in [0.1, 0.15) is 5.00 Å².